The van der Waals surface area contributed by atoms with Gasteiger partial charge in [0.1, 0.15) is 11.6 Å². The average molecular weight is 361 g/mol. The smallest absolute Gasteiger partial charge is 0.243 e. The highest BCUT2D eigenvalue weighted by atomic mass is 32.2. The second-order valence-electron chi connectivity index (χ2n) is 5.35. The standard InChI is InChI=1S/C17H13F2N3O2S/c1-10-12(4-2-6-21-10)16-13(5-3-7-22-16)11-8-14(18)17(15(19)9-11)25(20,23)24/h2-9H,1H3,(H2,20,23,24). The molecule has 2 aromatic heterocycles. The molecule has 0 aliphatic carbocycles. The average Bonchev–Trinajstić information content (AvgIpc) is 2.53. The van der Waals surface area contributed by atoms with Crippen molar-refractivity contribution in [2.24, 2.45) is 5.14 Å². The summed E-state index contributed by atoms with van der Waals surface area (Å²) < 4.78 is 51.0. The molecule has 0 saturated carbocycles. The molecular formula is C17H13F2N3O2S. The van der Waals surface area contributed by atoms with E-state index in [0.29, 0.717) is 22.5 Å². The highest BCUT2D eigenvalue weighted by molar-refractivity contribution is 7.89. The second kappa shape index (κ2) is 6.30. The molecular weight excluding hydrogens is 348 g/mol. The first-order valence-corrected chi connectivity index (χ1v) is 8.73. The number of aryl methyl sites for hydroxylation is 1. The van der Waals surface area contributed by atoms with Gasteiger partial charge in [0.25, 0.3) is 0 Å². The number of benzene rings is 1. The number of primary sulfonamides is 1. The minimum absolute atomic E-state index is 0.147. The Labute approximate surface area is 143 Å². The van der Waals surface area contributed by atoms with Crippen LogP contribution in [0, 0.1) is 18.6 Å². The van der Waals surface area contributed by atoms with Crippen molar-refractivity contribution in [3.05, 3.63) is 66.1 Å². The van der Waals surface area contributed by atoms with Crippen molar-refractivity contribution in [1.82, 2.24) is 9.97 Å². The molecule has 1 aromatic carbocycles. The van der Waals surface area contributed by atoms with E-state index < -0.39 is 26.6 Å². The van der Waals surface area contributed by atoms with Crippen molar-refractivity contribution in [2.45, 2.75) is 11.8 Å². The Morgan fingerprint density at radius 3 is 2.08 bits per heavy atom. The maximum Gasteiger partial charge on any atom is 0.243 e. The molecule has 0 amide bonds. The maximum atomic E-state index is 14.2. The monoisotopic (exact) mass is 361 g/mol. The Kier molecular flexibility index (Phi) is 4.32. The topological polar surface area (TPSA) is 85.9 Å². The molecule has 128 valence electrons. The van der Waals surface area contributed by atoms with Crippen LogP contribution in [0.5, 0.6) is 0 Å². The van der Waals surface area contributed by atoms with Crippen LogP contribution < -0.4 is 5.14 Å². The lowest BCUT2D eigenvalue weighted by molar-refractivity contribution is 0.520. The van der Waals surface area contributed by atoms with Gasteiger partial charge in [0, 0.05) is 29.2 Å². The highest BCUT2D eigenvalue weighted by Crippen LogP contribution is 2.33. The number of nitrogens with zero attached hydrogens (tertiary/aromatic N) is 2. The van der Waals surface area contributed by atoms with Gasteiger partial charge in [-0.05, 0) is 42.8 Å². The summed E-state index contributed by atoms with van der Waals surface area (Å²) in [5.41, 5.74) is 2.47. The zero-order valence-electron chi connectivity index (χ0n) is 13.1. The fourth-order valence-electron chi connectivity index (χ4n) is 2.57. The van der Waals surface area contributed by atoms with E-state index in [1.807, 2.05) is 0 Å². The van der Waals surface area contributed by atoms with Crippen molar-refractivity contribution in [3.63, 3.8) is 0 Å². The lowest BCUT2D eigenvalue weighted by Gasteiger charge is -2.12. The largest absolute Gasteiger partial charge is 0.261 e. The van der Waals surface area contributed by atoms with Crippen molar-refractivity contribution in [2.75, 3.05) is 0 Å². The maximum absolute atomic E-state index is 14.2. The van der Waals surface area contributed by atoms with E-state index >= 15 is 0 Å². The highest BCUT2D eigenvalue weighted by Gasteiger charge is 2.22. The quantitative estimate of drug-likeness (QED) is 0.777. The third kappa shape index (κ3) is 3.26. The molecule has 0 aliphatic heterocycles. The number of hydrogen-bond donors (Lipinski definition) is 1. The summed E-state index contributed by atoms with van der Waals surface area (Å²) in [6, 6.07) is 8.63. The molecule has 0 atom stereocenters. The Morgan fingerprint density at radius 1 is 0.960 bits per heavy atom. The minimum Gasteiger partial charge on any atom is -0.261 e. The Morgan fingerprint density at radius 2 is 1.52 bits per heavy atom. The number of rotatable bonds is 3. The number of halogens is 2. The third-order valence-corrected chi connectivity index (χ3v) is 4.62. The Hall–Kier alpha value is -2.71. The predicted molar refractivity (Wildman–Crippen MR) is 88.9 cm³/mol. The van der Waals surface area contributed by atoms with Crippen LogP contribution in [0.2, 0.25) is 0 Å². The summed E-state index contributed by atoms with van der Waals surface area (Å²) in [4.78, 5) is 7.32. The van der Waals surface area contributed by atoms with Crippen molar-refractivity contribution < 1.29 is 17.2 Å². The molecule has 8 heteroatoms. The number of nitrogens with two attached hydrogens (primary N) is 1. The van der Waals surface area contributed by atoms with Crippen LogP contribution in [0.3, 0.4) is 0 Å². The molecule has 0 bridgehead atoms. The van der Waals surface area contributed by atoms with Crippen LogP contribution in [-0.2, 0) is 10.0 Å². The summed E-state index contributed by atoms with van der Waals surface area (Å²) in [6.07, 6.45) is 3.18. The number of sulfonamides is 1. The van der Waals surface area contributed by atoms with Gasteiger partial charge < -0.3 is 0 Å². The summed E-state index contributed by atoms with van der Waals surface area (Å²) in [7, 11) is -4.51. The summed E-state index contributed by atoms with van der Waals surface area (Å²) >= 11 is 0. The van der Waals surface area contributed by atoms with Gasteiger partial charge in [0.05, 0.1) is 5.69 Å². The van der Waals surface area contributed by atoms with Crippen LogP contribution in [-0.4, -0.2) is 18.4 Å². The number of aromatic nitrogens is 2. The molecule has 5 nitrogen and oxygen atoms in total. The van der Waals surface area contributed by atoms with Gasteiger partial charge in [-0.25, -0.2) is 22.3 Å². The van der Waals surface area contributed by atoms with E-state index in [-0.39, 0.29) is 5.56 Å². The van der Waals surface area contributed by atoms with Gasteiger partial charge in [-0.15, -0.1) is 0 Å². The summed E-state index contributed by atoms with van der Waals surface area (Å²) in [5.74, 6) is -2.51. The normalized spacial score (nSPS) is 11.5. The third-order valence-electron chi connectivity index (χ3n) is 3.66. The van der Waals surface area contributed by atoms with Crippen LogP contribution in [0.25, 0.3) is 22.4 Å². The first-order valence-electron chi connectivity index (χ1n) is 7.18. The molecule has 2 heterocycles. The molecule has 3 aromatic rings. The predicted octanol–water partition coefficient (Wildman–Crippen LogP) is 3.04. The first kappa shape index (κ1) is 17.1. The van der Waals surface area contributed by atoms with Crippen molar-refractivity contribution in [3.8, 4) is 22.4 Å². The lowest BCUT2D eigenvalue weighted by Crippen LogP contribution is -2.16. The van der Waals surface area contributed by atoms with Gasteiger partial charge in [-0.3, -0.25) is 9.97 Å². The molecule has 0 radical (unpaired) electrons. The van der Waals surface area contributed by atoms with Gasteiger partial charge in [0.2, 0.25) is 10.0 Å². The van der Waals surface area contributed by atoms with E-state index in [9.17, 15) is 17.2 Å². The number of pyridine rings is 2. The summed E-state index contributed by atoms with van der Waals surface area (Å²) in [5, 5.41) is 4.86. The zero-order valence-corrected chi connectivity index (χ0v) is 13.9. The Bertz CT molecular complexity index is 1050. The molecule has 2 N–H and O–H groups in total. The fourth-order valence-corrected chi connectivity index (χ4v) is 3.24. The van der Waals surface area contributed by atoms with E-state index in [1.165, 1.54) is 0 Å². The Balaban J connectivity index is 2.25. The van der Waals surface area contributed by atoms with Gasteiger partial charge >= 0.3 is 0 Å². The van der Waals surface area contributed by atoms with Crippen LogP contribution in [0.15, 0.2) is 53.7 Å². The van der Waals surface area contributed by atoms with Gasteiger partial charge in [-0.1, -0.05) is 6.07 Å². The van der Waals surface area contributed by atoms with Crippen LogP contribution in [0.4, 0.5) is 8.78 Å². The summed E-state index contributed by atoms with van der Waals surface area (Å²) in [6.45, 7) is 1.79. The molecule has 0 saturated heterocycles. The molecule has 0 fully saturated rings. The molecule has 0 unspecified atom stereocenters. The minimum atomic E-state index is -4.51. The van der Waals surface area contributed by atoms with Gasteiger partial charge in [0.15, 0.2) is 4.90 Å². The number of hydrogen-bond acceptors (Lipinski definition) is 4. The van der Waals surface area contributed by atoms with Crippen LogP contribution in [0.1, 0.15) is 5.69 Å². The molecule has 0 spiro atoms. The molecule has 3 rings (SSSR count). The lowest BCUT2D eigenvalue weighted by atomic mass is 9.98. The van der Waals surface area contributed by atoms with Gasteiger partial charge in [-0.2, -0.15) is 0 Å². The SMILES string of the molecule is Cc1ncccc1-c1ncccc1-c1cc(F)c(S(N)(=O)=O)c(F)c1. The molecule has 25 heavy (non-hydrogen) atoms. The van der Waals surface area contributed by atoms with E-state index in [1.54, 1.807) is 43.6 Å². The van der Waals surface area contributed by atoms with Crippen molar-refractivity contribution >= 4 is 10.0 Å². The fraction of sp³-hybridized carbons (Fsp3) is 0.0588. The van der Waals surface area contributed by atoms with E-state index in [4.69, 9.17) is 5.14 Å². The van der Waals surface area contributed by atoms with Crippen LogP contribution >= 0.6 is 0 Å². The molecule has 0 aliphatic rings. The van der Waals surface area contributed by atoms with Crippen molar-refractivity contribution in [1.29, 1.82) is 0 Å². The van der Waals surface area contributed by atoms with E-state index in [2.05, 4.69) is 9.97 Å². The first-order chi connectivity index (χ1) is 11.8. The second-order valence-corrected chi connectivity index (χ2v) is 6.85. The zero-order chi connectivity index (χ0) is 18.2. The van der Waals surface area contributed by atoms with E-state index in [0.717, 1.165) is 12.1 Å².